The predicted octanol–water partition coefficient (Wildman–Crippen LogP) is 3.18. The lowest BCUT2D eigenvalue weighted by Gasteiger charge is -2.11. The van der Waals surface area contributed by atoms with E-state index in [4.69, 9.17) is 10.6 Å². The third-order valence-electron chi connectivity index (χ3n) is 2.92. The summed E-state index contributed by atoms with van der Waals surface area (Å²) >= 11 is 1.53. The molecule has 0 saturated carbocycles. The number of anilines is 1. The van der Waals surface area contributed by atoms with Crippen LogP contribution in [-0.4, -0.2) is 12.0 Å². The van der Waals surface area contributed by atoms with Crippen LogP contribution >= 0.6 is 11.8 Å². The van der Waals surface area contributed by atoms with E-state index in [2.05, 4.69) is 5.43 Å². The minimum atomic E-state index is -0.452. The van der Waals surface area contributed by atoms with Gasteiger partial charge in [-0.25, -0.2) is 0 Å². The molecule has 0 bridgehead atoms. The number of methoxy groups -OCH3 is 1. The Hall–Kier alpha value is -2.25. The molecule has 2 aromatic rings. The number of nitrogens with two attached hydrogens (primary N) is 1. The van der Waals surface area contributed by atoms with Crippen molar-refractivity contribution in [3.8, 4) is 5.75 Å². The lowest BCUT2D eigenvalue weighted by molar-refractivity contribution is -0.384. The zero-order valence-electron chi connectivity index (χ0n) is 11.4. The van der Waals surface area contributed by atoms with Crippen LogP contribution in [0.1, 0.15) is 5.56 Å². The number of hydrogen-bond acceptors (Lipinski definition) is 6. The zero-order chi connectivity index (χ0) is 15.2. The summed E-state index contributed by atoms with van der Waals surface area (Å²) in [6.45, 7) is 0. The average Bonchev–Trinajstić information content (AvgIpc) is 2.52. The standard InChI is InChI=1S/C14H15N3O3S/c1-20-12-7-2-3-8-13(12)21-9-10-5-4-6-11(17(18)19)14(10)16-15/h2-8,16H,9,15H2,1H3. The van der Waals surface area contributed by atoms with Crippen LogP contribution in [0, 0.1) is 10.1 Å². The molecule has 0 heterocycles. The van der Waals surface area contributed by atoms with Crippen molar-refractivity contribution in [1.29, 1.82) is 0 Å². The molecule has 2 rings (SSSR count). The molecular formula is C14H15N3O3S. The SMILES string of the molecule is COc1ccccc1SCc1cccc([N+](=O)[O-])c1NN. The van der Waals surface area contributed by atoms with Crippen molar-refractivity contribution in [3.05, 3.63) is 58.1 Å². The predicted molar refractivity (Wildman–Crippen MR) is 83.5 cm³/mol. The fourth-order valence-corrected chi connectivity index (χ4v) is 2.94. The van der Waals surface area contributed by atoms with Crippen molar-refractivity contribution in [2.45, 2.75) is 10.6 Å². The molecular weight excluding hydrogens is 290 g/mol. The summed E-state index contributed by atoms with van der Waals surface area (Å²) in [5.41, 5.74) is 3.50. The molecule has 0 unspecified atom stereocenters. The molecule has 110 valence electrons. The van der Waals surface area contributed by atoms with Crippen molar-refractivity contribution in [2.75, 3.05) is 12.5 Å². The van der Waals surface area contributed by atoms with E-state index in [9.17, 15) is 10.1 Å². The first kappa shape index (κ1) is 15.1. The molecule has 2 aromatic carbocycles. The number of thioether (sulfide) groups is 1. The van der Waals surface area contributed by atoms with E-state index in [1.165, 1.54) is 17.8 Å². The lowest BCUT2D eigenvalue weighted by atomic mass is 10.2. The van der Waals surface area contributed by atoms with Crippen LogP contribution in [0.25, 0.3) is 0 Å². The Kier molecular flexibility index (Phi) is 5.02. The van der Waals surface area contributed by atoms with Gasteiger partial charge in [-0.2, -0.15) is 0 Å². The number of nitro benzene ring substituents is 1. The number of benzene rings is 2. The van der Waals surface area contributed by atoms with Crippen LogP contribution in [0.4, 0.5) is 11.4 Å². The molecule has 0 aliphatic rings. The van der Waals surface area contributed by atoms with Crippen LogP contribution in [0.2, 0.25) is 0 Å². The quantitative estimate of drug-likeness (QED) is 0.369. The Morgan fingerprint density at radius 1 is 1.29 bits per heavy atom. The van der Waals surface area contributed by atoms with Gasteiger partial charge in [0.05, 0.1) is 12.0 Å². The number of nitrogen functional groups attached to an aromatic ring is 1. The highest BCUT2D eigenvalue weighted by Crippen LogP contribution is 2.35. The fourth-order valence-electron chi connectivity index (χ4n) is 1.92. The highest BCUT2D eigenvalue weighted by atomic mass is 32.2. The normalized spacial score (nSPS) is 10.2. The largest absolute Gasteiger partial charge is 0.496 e. The second-order valence-corrected chi connectivity index (χ2v) is 5.17. The molecule has 0 fully saturated rings. The minimum Gasteiger partial charge on any atom is -0.496 e. The minimum absolute atomic E-state index is 0.0318. The van der Waals surface area contributed by atoms with Crippen LogP contribution in [0.3, 0.4) is 0 Å². The van der Waals surface area contributed by atoms with Crippen molar-refractivity contribution in [2.24, 2.45) is 5.84 Å². The van der Waals surface area contributed by atoms with Gasteiger partial charge in [-0.05, 0) is 17.7 Å². The van der Waals surface area contributed by atoms with Gasteiger partial charge in [-0.1, -0.05) is 24.3 Å². The van der Waals surface area contributed by atoms with Gasteiger partial charge in [0.2, 0.25) is 0 Å². The number of rotatable bonds is 6. The van der Waals surface area contributed by atoms with E-state index in [-0.39, 0.29) is 5.69 Å². The molecule has 7 heteroatoms. The molecule has 0 atom stereocenters. The number of nitro groups is 1. The Balaban J connectivity index is 2.24. The second-order valence-electron chi connectivity index (χ2n) is 4.15. The van der Waals surface area contributed by atoms with E-state index in [0.717, 1.165) is 16.2 Å². The van der Waals surface area contributed by atoms with Crippen molar-refractivity contribution < 1.29 is 9.66 Å². The summed E-state index contributed by atoms with van der Waals surface area (Å²) in [7, 11) is 1.61. The summed E-state index contributed by atoms with van der Waals surface area (Å²) < 4.78 is 5.28. The molecule has 0 aliphatic heterocycles. The van der Waals surface area contributed by atoms with Gasteiger partial charge in [0, 0.05) is 16.7 Å². The number of nitrogens with zero attached hydrogens (tertiary/aromatic N) is 1. The van der Waals surface area contributed by atoms with Gasteiger partial charge in [0.15, 0.2) is 0 Å². The maximum absolute atomic E-state index is 11.0. The van der Waals surface area contributed by atoms with Crippen molar-refractivity contribution in [1.82, 2.24) is 0 Å². The molecule has 0 aliphatic carbocycles. The Labute approximate surface area is 126 Å². The molecule has 0 amide bonds. The number of ether oxygens (including phenoxy) is 1. The third kappa shape index (κ3) is 3.45. The van der Waals surface area contributed by atoms with Gasteiger partial charge >= 0.3 is 0 Å². The van der Waals surface area contributed by atoms with E-state index >= 15 is 0 Å². The molecule has 6 nitrogen and oxygen atoms in total. The summed E-state index contributed by atoms with van der Waals surface area (Å²) in [6, 6.07) is 12.5. The smallest absolute Gasteiger partial charge is 0.293 e. The second kappa shape index (κ2) is 6.96. The Morgan fingerprint density at radius 3 is 2.71 bits per heavy atom. The number of hydrazine groups is 1. The van der Waals surface area contributed by atoms with E-state index < -0.39 is 4.92 Å². The molecule has 21 heavy (non-hydrogen) atoms. The van der Waals surface area contributed by atoms with Crippen LogP contribution in [-0.2, 0) is 5.75 Å². The Bertz CT molecular complexity index is 649. The highest BCUT2D eigenvalue weighted by molar-refractivity contribution is 7.98. The summed E-state index contributed by atoms with van der Waals surface area (Å²) in [6.07, 6.45) is 0. The van der Waals surface area contributed by atoms with Gasteiger partial charge in [-0.3, -0.25) is 16.0 Å². The maximum Gasteiger partial charge on any atom is 0.293 e. The number of nitrogens with one attached hydrogen (secondary N) is 1. The Morgan fingerprint density at radius 2 is 2.05 bits per heavy atom. The summed E-state index contributed by atoms with van der Waals surface area (Å²) in [5, 5.41) is 11.0. The average molecular weight is 305 g/mol. The van der Waals surface area contributed by atoms with E-state index in [1.807, 2.05) is 30.3 Å². The topological polar surface area (TPSA) is 90.4 Å². The van der Waals surface area contributed by atoms with Gasteiger partial charge in [0.25, 0.3) is 5.69 Å². The number of hydrogen-bond donors (Lipinski definition) is 2. The summed E-state index contributed by atoms with van der Waals surface area (Å²) in [4.78, 5) is 11.5. The van der Waals surface area contributed by atoms with E-state index in [0.29, 0.717) is 11.4 Å². The molecule has 0 spiro atoms. The van der Waals surface area contributed by atoms with Crippen LogP contribution < -0.4 is 16.0 Å². The lowest BCUT2D eigenvalue weighted by Crippen LogP contribution is -2.11. The van der Waals surface area contributed by atoms with Gasteiger partial charge < -0.3 is 10.2 Å². The van der Waals surface area contributed by atoms with Gasteiger partial charge in [0.1, 0.15) is 11.4 Å². The van der Waals surface area contributed by atoms with Crippen LogP contribution in [0.5, 0.6) is 5.75 Å². The van der Waals surface area contributed by atoms with Gasteiger partial charge in [-0.15, -0.1) is 11.8 Å². The molecule has 3 N–H and O–H groups in total. The van der Waals surface area contributed by atoms with Crippen LogP contribution in [0.15, 0.2) is 47.4 Å². The zero-order valence-corrected chi connectivity index (χ0v) is 12.2. The number of para-hydroxylation sites is 2. The maximum atomic E-state index is 11.0. The van der Waals surface area contributed by atoms with Crippen molar-refractivity contribution >= 4 is 23.1 Å². The summed E-state index contributed by atoms with van der Waals surface area (Å²) in [5.74, 6) is 6.74. The highest BCUT2D eigenvalue weighted by Gasteiger charge is 2.16. The monoisotopic (exact) mass is 305 g/mol. The van der Waals surface area contributed by atoms with Crippen molar-refractivity contribution in [3.63, 3.8) is 0 Å². The molecule has 0 saturated heterocycles. The first-order valence-electron chi connectivity index (χ1n) is 6.16. The fraction of sp³-hybridized carbons (Fsp3) is 0.143. The third-order valence-corrected chi connectivity index (χ3v) is 4.03. The molecule has 0 aromatic heterocycles. The molecule has 0 radical (unpaired) electrons. The first-order chi connectivity index (χ1) is 10.2. The van der Waals surface area contributed by atoms with E-state index in [1.54, 1.807) is 13.2 Å². The first-order valence-corrected chi connectivity index (χ1v) is 7.14.